The number of amides is 1. The van der Waals surface area contributed by atoms with E-state index in [9.17, 15) is 9.59 Å². The van der Waals surface area contributed by atoms with Gasteiger partial charge in [0.2, 0.25) is 11.5 Å². The molecule has 0 fully saturated rings. The maximum atomic E-state index is 11.5. The van der Waals surface area contributed by atoms with Gasteiger partial charge in [0.15, 0.2) is 0 Å². The fourth-order valence-corrected chi connectivity index (χ4v) is 3.24. The van der Waals surface area contributed by atoms with Crippen LogP contribution in [0.3, 0.4) is 0 Å². The Kier molecular flexibility index (Phi) is 5.28. The first-order valence-corrected chi connectivity index (χ1v) is 9.49. The van der Waals surface area contributed by atoms with E-state index in [1.807, 2.05) is 36.4 Å². The van der Waals surface area contributed by atoms with Gasteiger partial charge in [-0.15, -0.1) is 0 Å². The fraction of sp³-hybridized carbons (Fsp3) is 0.273. The fourth-order valence-electron chi connectivity index (χ4n) is 3.24. The molecule has 0 saturated carbocycles. The van der Waals surface area contributed by atoms with Crippen LogP contribution in [-0.4, -0.2) is 24.1 Å². The van der Waals surface area contributed by atoms with E-state index in [1.54, 1.807) is 6.07 Å². The van der Waals surface area contributed by atoms with E-state index >= 15 is 0 Å². The summed E-state index contributed by atoms with van der Waals surface area (Å²) in [5, 5.41) is 3.86. The number of aryl methyl sites for hydroxylation is 1. The van der Waals surface area contributed by atoms with Crippen LogP contribution >= 0.6 is 0 Å². The van der Waals surface area contributed by atoms with Gasteiger partial charge >= 0.3 is 0 Å². The minimum Gasteiger partial charge on any atom is -0.494 e. The Bertz CT molecular complexity index is 1060. The monoisotopic (exact) mass is 378 g/mol. The van der Waals surface area contributed by atoms with Gasteiger partial charge in [0, 0.05) is 30.3 Å². The summed E-state index contributed by atoms with van der Waals surface area (Å²) in [5.41, 5.74) is 2.65. The van der Waals surface area contributed by atoms with Gasteiger partial charge in [-0.05, 0) is 54.5 Å². The number of hydrogen-bond acceptors (Lipinski definition) is 4. The van der Waals surface area contributed by atoms with Crippen LogP contribution in [-0.2, 0) is 11.2 Å². The number of carbonyl (C=O) groups is 1. The molecule has 0 spiro atoms. The number of aromatic nitrogens is 1. The average molecular weight is 378 g/mol. The number of hydrogen-bond donors (Lipinski definition) is 2. The zero-order chi connectivity index (χ0) is 19.3. The van der Waals surface area contributed by atoms with E-state index in [4.69, 9.17) is 9.47 Å². The topological polar surface area (TPSA) is 80.4 Å². The van der Waals surface area contributed by atoms with E-state index in [0.717, 1.165) is 52.9 Å². The summed E-state index contributed by atoms with van der Waals surface area (Å²) < 4.78 is 11.6. The molecule has 4 rings (SSSR count). The highest BCUT2D eigenvalue weighted by Crippen LogP contribution is 2.27. The van der Waals surface area contributed by atoms with Crippen LogP contribution in [0.25, 0.3) is 10.9 Å². The minimum absolute atomic E-state index is 0.0552. The summed E-state index contributed by atoms with van der Waals surface area (Å²) in [7, 11) is 0. The number of fused-ring (bicyclic) bond motifs is 2. The Morgan fingerprint density at radius 2 is 1.54 bits per heavy atom. The highest BCUT2D eigenvalue weighted by Gasteiger charge is 2.14. The number of carbonyl (C=O) groups excluding carboxylic acids is 1. The predicted molar refractivity (Wildman–Crippen MR) is 108 cm³/mol. The maximum absolute atomic E-state index is 11.5. The third-order valence-electron chi connectivity index (χ3n) is 4.75. The van der Waals surface area contributed by atoms with Gasteiger partial charge in [-0.25, -0.2) is 0 Å². The van der Waals surface area contributed by atoms with Crippen molar-refractivity contribution < 1.29 is 14.3 Å². The van der Waals surface area contributed by atoms with E-state index in [-0.39, 0.29) is 11.5 Å². The Morgan fingerprint density at radius 1 is 0.821 bits per heavy atom. The van der Waals surface area contributed by atoms with Crippen LogP contribution in [0.1, 0.15) is 24.8 Å². The predicted octanol–water partition coefficient (Wildman–Crippen LogP) is 3.65. The van der Waals surface area contributed by atoms with E-state index in [2.05, 4.69) is 10.3 Å². The molecule has 1 aliphatic rings. The molecule has 1 amide bonds. The molecule has 0 saturated heterocycles. The van der Waals surface area contributed by atoms with Gasteiger partial charge in [0.25, 0.3) is 0 Å². The zero-order valence-corrected chi connectivity index (χ0v) is 15.5. The van der Waals surface area contributed by atoms with Gasteiger partial charge < -0.3 is 19.8 Å². The highest BCUT2D eigenvalue weighted by atomic mass is 16.5. The van der Waals surface area contributed by atoms with E-state index < -0.39 is 0 Å². The number of benzene rings is 2. The normalized spacial score (nSPS) is 13.1. The summed E-state index contributed by atoms with van der Waals surface area (Å²) in [4.78, 5) is 25.7. The lowest BCUT2D eigenvalue weighted by atomic mass is 10.0. The number of anilines is 1. The quantitative estimate of drug-likeness (QED) is 0.615. The van der Waals surface area contributed by atoms with Crippen molar-refractivity contribution >= 4 is 22.5 Å². The first-order valence-electron chi connectivity index (χ1n) is 9.49. The van der Waals surface area contributed by atoms with Crippen molar-refractivity contribution in [2.24, 2.45) is 0 Å². The summed E-state index contributed by atoms with van der Waals surface area (Å²) >= 11 is 0. The Hall–Kier alpha value is -3.28. The zero-order valence-electron chi connectivity index (χ0n) is 15.5. The molecule has 28 heavy (non-hydrogen) atoms. The van der Waals surface area contributed by atoms with Crippen molar-refractivity contribution in [1.82, 2.24) is 4.98 Å². The molecule has 2 aromatic carbocycles. The molecule has 1 aromatic heterocycles. The summed E-state index contributed by atoms with van der Waals surface area (Å²) in [6.07, 6.45) is 3.03. The smallest absolute Gasteiger partial charge is 0.248 e. The molecule has 144 valence electrons. The summed E-state index contributed by atoms with van der Waals surface area (Å²) in [6.45, 7) is 1.16. The molecule has 0 unspecified atom stereocenters. The molecular formula is C22H22N2O4. The van der Waals surface area contributed by atoms with Gasteiger partial charge in [-0.2, -0.15) is 0 Å². The largest absolute Gasteiger partial charge is 0.494 e. The number of aromatic amines is 1. The van der Waals surface area contributed by atoms with Gasteiger partial charge in [0.05, 0.1) is 18.7 Å². The number of nitrogens with one attached hydrogen (secondary N) is 2. The molecule has 3 aromatic rings. The number of ether oxygens (including phenoxy) is 2. The number of unbranched alkanes of at least 4 members (excludes halogenated alkanes) is 1. The highest BCUT2D eigenvalue weighted by molar-refractivity contribution is 5.94. The van der Waals surface area contributed by atoms with Crippen LogP contribution in [0.15, 0.2) is 53.3 Å². The van der Waals surface area contributed by atoms with Crippen molar-refractivity contribution in [3.8, 4) is 11.5 Å². The minimum atomic E-state index is -0.122. The molecule has 0 aliphatic carbocycles. The molecular weight excluding hydrogens is 356 g/mol. The second-order valence-electron chi connectivity index (χ2n) is 6.84. The van der Waals surface area contributed by atoms with Crippen molar-refractivity contribution in [3.63, 3.8) is 0 Å². The van der Waals surface area contributed by atoms with Crippen LogP contribution in [0.2, 0.25) is 0 Å². The lowest BCUT2D eigenvalue weighted by Gasteiger charge is -2.17. The first kappa shape index (κ1) is 18.1. The van der Waals surface area contributed by atoms with E-state index in [1.165, 1.54) is 6.07 Å². The molecule has 6 nitrogen and oxygen atoms in total. The maximum Gasteiger partial charge on any atom is 0.248 e. The third-order valence-corrected chi connectivity index (χ3v) is 4.75. The molecule has 0 bridgehead atoms. The summed E-state index contributed by atoms with van der Waals surface area (Å²) in [6, 6.07) is 14.8. The first-order chi connectivity index (χ1) is 13.7. The molecule has 2 heterocycles. The number of rotatable bonds is 7. The molecule has 1 aliphatic heterocycles. The molecule has 2 N–H and O–H groups in total. The van der Waals surface area contributed by atoms with Crippen LogP contribution in [0, 0.1) is 0 Å². The second-order valence-corrected chi connectivity index (χ2v) is 6.84. The SMILES string of the molecule is O=C1CCc2ccc(OCCCCOc3ccc4ccc(=O)[nH]c4c3)cc2N1. The van der Waals surface area contributed by atoms with Crippen molar-refractivity contribution in [2.75, 3.05) is 18.5 Å². The van der Waals surface area contributed by atoms with Crippen LogP contribution in [0.4, 0.5) is 5.69 Å². The van der Waals surface area contributed by atoms with Crippen LogP contribution < -0.4 is 20.3 Å². The Labute approximate surface area is 162 Å². The van der Waals surface area contributed by atoms with Crippen molar-refractivity contribution in [1.29, 1.82) is 0 Å². The van der Waals surface area contributed by atoms with Gasteiger partial charge in [-0.3, -0.25) is 9.59 Å². The van der Waals surface area contributed by atoms with Crippen molar-refractivity contribution in [2.45, 2.75) is 25.7 Å². The average Bonchev–Trinajstić information content (AvgIpc) is 2.70. The Morgan fingerprint density at radius 3 is 2.36 bits per heavy atom. The standard InChI is InChI=1S/C22H22N2O4/c25-21-9-5-15-3-7-17(13-19(15)23-21)27-11-1-2-12-28-18-8-4-16-6-10-22(26)24-20(16)14-18/h3-5,7-9,13-14H,1-2,6,10-12H2,(H,23,25)(H,24,26). The lowest BCUT2D eigenvalue weighted by Crippen LogP contribution is -2.18. The molecule has 0 atom stereocenters. The Balaban J connectivity index is 1.22. The second kappa shape index (κ2) is 8.17. The van der Waals surface area contributed by atoms with Crippen LogP contribution in [0.5, 0.6) is 11.5 Å². The van der Waals surface area contributed by atoms with E-state index in [0.29, 0.717) is 19.6 Å². The lowest BCUT2D eigenvalue weighted by molar-refractivity contribution is -0.116. The molecule has 0 radical (unpaired) electrons. The van der Waals surface area contributed by atoms with Gasteiger partial charge in [-0.1, -0.05) is 6.07 Å². The third kappa shape index (κ3) is 4.34. The van der Waals surface area contributed by atoms with Gasteiger partial charge in [0.1, 0.15) is 11.5 Å². The van der Waals surface area contributed by atoms with Crippen molar-refractivity contribution in [3.05, 3.63) is 64.4 Å². The summed E-state index contributed by atoms with van der Waals surface area (Å²) in [5.74, 6) is 1.56. The molecule has 6 heteroatoms. The number of pyridine rings is 1. The number of H-pyrrole nitrogens is 1.